The average molecular weight is 337 g/mol. The van der Waals surface area contributed by atoms with Crippen molar-refractivity contribution in [2.24, 2.45) is 5.92 Å². The second-order valence-corrected chi connectivity index (χ2v) is 7.74. The van der Waals surface area contributed by atoms with E-state index in [0.29, 0.717) is 19.0 Å². The minimum Gasteiger partial charge on any atom is -0.336 e. The first-order chi connectivity index (χ1) is 9.32. The van der Waals surface area contributed by atoms with Crippen LogP contribution in [0, 0.1) is 5.92 Å². The first-order valence-electron chi connectivity index (χ1n) is 7.09. The van der Waals surface area contributed by atoms with Crippen molar-refractivity contribution in [1.29, 1.82) is 0 Å². The fourth-order valence-corrected chi connectivity index (χ4v) is 4.12. The molecule has 0 bridgehead atoms. The van der Waals surface area contributed by atoms with E-state index >= 15 is 0 Å². The van der Waals surface area contributed by atoms with Crippen molar-refractivity contribution in [1.82, 2.24) is 19.2 Å². The van der Waals surface area contributed by atoms with E-state index in [1.54, 1.807) is 16.8 Å². The number of nitrogens with one attached hydrogen (secondary N) is 1. The molecule has 1 saturated heterocycles. The number of sulfonamides is 1. The van der Waals surface area contributed by atoms with Gasteiger partial charge in [-0.05, 0) is 19.8 Å². The lowest BCUT2D eigenvalue weighted by Gasteiger charge is -2.36. The molecular formula is C13H25ClN4O2S. The van der Waals surface area contributed by atoms with Crippen LogP contribution in [-0.2, 0) is 16.6 Å². The minimum atomic E-state index is -3.50. The first kappa shape index (κ1) is 18.4. The lowest BCUT2D eigenvalue weighted by molar-refractivity contribution is 0.232. The van der Waals surface area contributed by atoms with Crippen LogP contribution in [0.4, 0.5) is 0 Å². The van der Waals surface area contributed by atoms with E-state index in [2.05, 4.69) is 24.1 Å². The second-order valence-electron chi connectivity index (χ2n) is 5.90. The summed E-state index contributed by atoms with van der Waals surface area (Å²) in [6, 6.07) is 0.0836. The summed E-state index contributed by atoms with van der Waals surface area (Å²) < 4.78 is 28.7. The topological polar surface area (TPSA) is 67.2 Å². The summed E-state index contributed by atoms with van der Waals surface area (Å²) in [5, 5.41) is 3.44. The maximum Gasteiger partial charge on any atom is 0.262 e. The van der Waals surface area contributed by atoms with E-state index in [1.807, 2.05) is 18.4 Å². The van der Waals surface area contributed by atoms with Crippen LogP contribution in [0.25, 0.3) is 0 Å². The maximum absolute atomic E-state index is 12.7. The van der Waals surface area contributed by atoms with E-state index < -0.39 is 10.0 Å². The highest BCUT2D eigenvalue weighted by Gasteiger charge is 2.35. The molecule has 1 aromatic rings. The molecule has 0 aromatic carbocycles. The van der Waals surface area contributed by atoms with E-state index in [1.165, 1.54) is 0 Å². The van der Waals surface area contributed by atoms with Gasteiger partial charge in [0.2, 0.25) is 0 Å². The normalized spacial score (nSPS) is 24.0. The van der Waals surface area contributed by atoms with Crippen LogP contribution in [0.15, 0.2) is 17.6 Å². The van der Waals surface area contributed by atoms with E-state index in [4.69, 9.17) is 0 Å². The molecule has 0 saturated carbocycles. The van der Waals surface area contributed by atoms with Crippen LogP contribution in [0.1, 0.15) is 27.7 Å². The number of rotatable bonds is 4. The van der Waals surface area contributed by atoms with Gasteiger partial charge < -0.3 is 9.88 Å². The molecule has 21 heavy (non-hydrogen) atoms. The Bertz CT molecular complexity index is 558. The summed E-state index contributed by atoms with van der Waals surface area (Å²) in [6.07, 6.45) is 3.23. The molecule has 0 aliphatic carbocycles. The van der Waals surface area contributed by atoms with Gasteiger partial charge in [-0.2, -0.15) is 4.31 Å². The number of imidazole rings is 1. The third kappa shape index (κ3) is 3.97. The highest BCUT2D eigenvalue weighted by atomic mass is 35.5. The molecule has 0 spiro atoms. The molecule has 2 unspecified atom stereocenters. The maximum atomic E-state index is 12.7. The van der Waals surface area contributed by atoms with Crippen LogP contribution in [-0.4, -0.2) is 47.4 Å². The third-order valence-corrected chi connectivity index (χ3v) is 5.61. The van der Waals surface area contributed by atoms with Crippen molar-refractivity contribution in [3.63, 3.8) is 0 Å². The zero-order chi connectivity index (χ0) is 14.9. The molecule has 2 atom stereocenters. The zero-order valence-corrected chi connectivity index (χ0v) is 14.6. The van der Waals surface area contributed by atoms with Crippen LogP contribution in [0.3, 0.4) is 0 Å². The fraction of sp³-hybridized carbons (Fsp3) is 0.769. The number of nitrogens with zero attached hydrogens (tertiary/aromatic N) is 3. The molecule has 0 radical (unpaired) electrons. The van der Waals surface area contributed by atoms with Crippen molar-refractivity contribution in [2.45, 2.75) is 51.3 Å². The molecular weight excluding hydrogens is 312 g/mol. The van der Waals surface area contributed by atoms with Gasteiger partial charge in [-0.15, -0.1) is 12.4 Å². The lowest BCUT2D eigenvalue weighted by Crippen LogP contribution is -2.57. The molecule has 1 fully saturated rings. The molecule has 1 aliphatic heterocycles. The van der Waals surface area contributed by atoms with E-state index in [0.717, 1.165) is 6.54 Å². The number of hydrogen-bond donors (Lipinski definition) is 1. The first-order valence-corrected chi connectivity index (χ1v) is 8.53. The van der Waals surface area contributed by atoms with Gasteiger partial charge in [-0.1, -0.05) is 13.8 Å². The van der Waals surface area contributed by atoms with Crippen molar-refractivity contribution in [2.75, 3.05) is 13.1 Å². The average Bonchev–Trinajstić information content (AvgIpc) is 2.80. The standard InChI is InChI=1S/C13H24N4O2S.ClH/c1-10(2)7-16-8-13(15-9-16)20(18,19)17-6-5-14-11(3)12(17)4;/h8-12,14H,5-7H2,1-4H3;1H. The Kier molecular flexibility index (Phi) is 6.22. The largest absolute Gasteiger partial charge is 0.336 e. The summed E-state index contributed by atoms with van der Waals surface area (Å²) in [7, 11) is -3.50. The van der Waals surface area contributed by atoms with Crippen LogP contribution in [0.5, 0.6) is 0 Å². The molecule has 2 heterocycles. The Hall–Kier alpha value is -0.630. The number of piperazine rings is 1. The van der Waals surface area contributed by atoms with Gasteiger partial charge in [0.15, 0.2) is 5.03 Å². The second kappa shape index (κ2) is 7.09. The molecule has 122 valence electrons. The summed E-state index contributed by atoms with van der Waals surface area (Å²) >= 11 is 0. The highest BCUT2D eigenvalue weighted by Crippen LogP contribution is 2.20. The van der Waals surface area contributed by atoms with Crippen molar-refractivity contribution >= 4 is 22.4 Å². The van der Waals surface area contributed by atoms with Gasteiger partial charge in [0.25, 0.3) is 10.0 Å². The van der Waals surface area contributed by atoms with E-state index in [9.17, 15) is 8.42 Å². The Morgan fingerprint density at radius 2 is 2.10 bits per heavy atom. The minimum absolute atomic E-state index is 0. The molecule has 1 aromatic heterocycles. The summed E-state index contributed by atoms with van der Waals surface area (Å²) in [5.41, 5.74) is 0. The van der Waals surface area contributed by atoms with Crippen molar-refractivity contribution in [3.8, 4) is 0 Å². The van der Waals surface area contributed by atoms with Crippen molar-refractivity contribution in [3.05, 3.63) is 12.5 Å². The van der Waals surface area contributed by atoms with Gasteiger partial charge in [0.05, 0.1) is 6.33 Å². The number of halogens is 1. The van der Waals surface area contributed by atoms with Crippen LogP contribution in [0.2, 0.25) is 0 Å². The van der Waals surface area contributed by atoms with Gasteiger partial charge in [0.1, 0.15) is 0 Å². The molecule has 6 nitrogen and oxygen atoms in total. The van der Waals surface area contributed by atoms with Crippen molar-refractivity contribution < 1.29 is 8.42 Å². The van der Waals surface area contributed by atoms with Gasteiger partial charge in [-0.3, -0.25) is 0 Å². The van der Waals surface area contributed by atoms with Gasteiger partial charge in [0, 0.05) is 37.9 Å². The quantitative estimate of drug-likeness (QED) is 0.900. The zero-order valence-electron chi connectivity index (χ0n) is 13.0. The summed E-state index contributed by atoms with van der Waals surface area (Å²) in [6.45, 7) is 10.1. The van der Waals surface area contributed by atoms with E-state index in [-0.39, 0.29) is 29.5 Å². The molecule has 0 amide bonds. The molecule has 8 heteroatoms. The monoisotopic (exact) mass is 336 g/mol. The number of aromatic nitrogens is 2. The Labute approximate surface area is 133 Å². The van der Waals surface area contributed by atoms with Crippen LogP contribution >= 0.6 is 12.4 Å². The number of hydrogen-bond acceptors (Lipinski definition) is 4. The Morgan fingerprint density at radius 3 is 2.71 bits per heavy atom. The highest BCUT2D eigenvalue weighted by molar-refractivity contribution is 7.89. The van der Waals surface area contributed by atoms with Crippen LogP contribution < -0.4 is 5.32 Å². The SMILES string of the molecule is CC(C)Cn1cnc(S(=O)(=O)N2CCNC(C)C2C)c1.Cl. The molecule has 2 rings (SSSR count). The predicted molar refractivity (Wildman–Crippen MR) is 85.1 cm³/mol. The molecule has 1 N–H and O–H groups in total. The smallest absolute Gasteiger partial charge is 0.262 e. The Morgan fingerprint density at radius 1 is 1.43 bits per heavy atom. The molecule has 1 aliphatic rings. The lowest BCUT2D eigenvalue weighted by atomic mass is 10.1. The summed E-state index contributed by atoms with van der Waals surface area (Å²) in [5.74, 6) is 0.456. The Balaban J connectivity index is 0.00000220. The summed E-state index contributed by atoms with van der Waals surface area (Å²) in [4.78, 5) is 4.09. The third-order valence-electron chi connectivity index (χ3n) is 3.73. The van der Waals surface area contributed by atoms with Gasteiger partial charge in [-0.25, -0.2) is 13.4 Å². The fourth-order valence-electron chi connectivity index (χ4n) is 2.48. The van der Waals surface area contributed by atoms with Gasteiger partial charge >= 0.3 is 0 Å². The predicted octanol–water partition coefficient (Wildman–Crippen LogP) is 1.33.